The number of likely N-dealkylation sites (N-methyl/N-ethyl adjacent to an activating group) is 1. The molecule has 0 saturated heterocycles. The monoisotopic (exact) mass is 410 g/mol. The number of amides is 3. The molecule has 1 heterocycles. The molecule has 2 aromatic carbocycles. The van der Waals surface area contributed by atoms with Crippen molar-refractivity contribution in [1.29, 1.82) is 0 Å². The largest absolute Gasteiger partial charge is 0.496 e. The minimum absolute atomic E-state index is 0.0429. The van der Waals surface area contributed by atoms with Crippen molar-refractivity contribution in [2.75, 3.05) is 34.3 Å². The fraction of sp³-hybridized carbons (Fsp3) is 0.348. The van der Waals surface area contributed by atoms with Crippen LogP contribution in [0.3, 0.4) is 0 Å². The van der Waals surface area contributed by atoms with E-state index in [1.165, 1.54) is 9.80 Å². The lowest BCUT2D eigenvalue weighted by atomic mass is 10.0. The molecule has 158 valence electrons. The van der Waals surface area contributed by atoms with Crippen LogP contribution in [0.1, 0.15) is 45.2 Å². The van der Waals surface area contributed by atoms with E-state index in [9.17, 15) is 14.4 Å². The highest BCUT2D eigenvalue weighted by atomic mass is 16.5. The Morgan fingerprint density at radius 1 is 1.03 bits per heavy atom. The first-order valence-corrected chi connectivity index (χ1v) is 10.1. The Labute approximate surface area is 176 Å². The number of hydrogen-bond donors (Lipinski definition) is 2. The molecule has 0 bridgehead atoms. The Morgan fingerprint density at radius 3 is 2.23 bits per heavy atom. The number of benzene rings is 2. The first-order valence-electron chi connectivity index (χ1n) is 10.1. The number of fused-ring (bicyclic) bond motifs is 1. The maximum atomic E-state index is 12.4. The molecular formula is C23H28N3O4+. The van der Waals surface area contributed by atoms with E-state index in [0.29, 0.717) is 24.1 Å². The van der Waals surface area contributed by atoms with Gasteiger partial charge in [-0.05, 0) is 30.7 Å². The Bertz CT molecular complexity index is 907. The van der Waals surface area contributed by atoms with Crippen LogP contribution in [0, 0.1) is 0 Å². The molecule has 0 unspecified atom stereocenters. The molecule has 1 atom stereocenters. The van der Waals surface area contributed by atoms with Gasteiger partial charge in [0.05, 0.1) is 44.4 Å². The van der Waals surface area contributed by atoms with E-state index < -0.39 is 0 Å². The Hall–Kier alpha value is -3.19. The van der Waals surface area contributed by atoms with E-state index in [4.69, 9.17) is 4.74 Å². The standard InChI is InChI=1S/C23H27N3O4/c1-25(2)19(18-11-6-7-12-20(18)30-3)15-24-21(27)13-8-14-26-22(28)16-9-4-5-10-17(16)23(26)29/h4-7,9-12,19H,8,13-15H2,1-3H3,(H,24,27)/p+1/t19-/m0/s1. The third-order valence-electron chi connectivity index (χ3n) is 5.38. The second kappa shape index (κ2) is 9.54. The van der Waals surface area contributed by atoms with Gasteiger partial charge in [-0.3, -0.25) is 19.3 Å². The highest BCUT2D eigenvalue weighted by Crippen LogP contribution is 2.23. The number of methoxy groups -OCH3 is 1. The van der Waals surface area contributed by atoms with Gasteiger partial charge in [0, 0.05) is 13.0 Å². The molecule has 3 amide bonds. The van der Waals surface area contributed by atoms with Crippen LogP contribution in [0.2, 0.25) is 0 Å². The SMILES string of the molecule is COc1ccccc1[C@H](CNC(=O)CCCN1C(=O)c2ccccc2C1=O)[NH+](C)C. The fourth-order valence-electron chi connectivity index (χ4n) is 3.72. The normalized spacial score (nSPS) is 14.1. The summed E-state index contributed by atoms with van der Waals surface area (Å²) in [6.45, 7) is 0.698. The van der Waals surface area contributed by atoms with Gasteiger partial charge in [-0.15, -0.1) is 0 Å². The number of nitrogens with zero attached hydrogens (tertiary/aromatic N) is 1. The van der Waals surface area contributed by atoms with Gasteiger partial charge in [-0.2, -0.15) is 0 Å². The highest BCUT2D eigenvalue weighted by Gasteiger charge is 2.34. The number of rotatable bonds is 9. The van der Waals surface area contributed by atoms with Gasteiger partial charge >= 0.3 is 0 Å². The van der Waals surface area contributed by atoms with Gasteiger partial charge in [0.2, 0.25) is 5.91 Å². The van der Waals surface area contributed by atoms with E-state index >= 15 is 0 Å². The molecule has 0 aliphatic carbocycles. The zero-order chi connectivity index (χ0) is 21.7. The number of carbonyl (C=O) groups excluding carboxylic acids is 3. The first-order chi connectivity index (χ1) is 14.4. The van der Waals surface area contributed by atoms with Gasteiger partial charge in [0.25, 0.3) is 11.8 Å². The van der Waals surface area contributed by atoms with E-state index in [0.717, 1.165) is 11.3 Å². The summed E-state index contributed by atoms with van der Waals surface area (Å²) in [6.07, 6.45) is 0.667. The quantitative estimate of drug-likeness (QED) is 0.606. The number of carbonyl (C=O) groups is 3. The zero-order valence-electron chi connectivity index (χ0n) is 17.6. The maximum absolute atomic E-state index is 12.4. The molecule has 0 spiro atoms. The van der Waals surface area contributed by atoms with Crippen LogP contribution in [0.4, 0.5) is 0 Å². The number of hydrogen-bond acceptors (Lipinski definition) is 4. The molecule has 0 fully saturated rings. The number of para-hydroxylation sites is 1. The van der Waals surface area contributed by atoms with Crippen molar-refractivity contribution in [2.24, 2.45) is 0 Å². The molecule has 7 nitrogen and oxygen atoms in total. The molecule has 2 aromatic rings. The fourth-order valence-corrected chi connectivity index (χ4v) is 3.72. The minimum Gasteiger partial charge on any atom is -0.496 e. The van der Waals surface area contributed by atoms with Crippen LogP contribution >= 0.6 is 0 Å². The summed E-state index contributed by atoms with van der Waals surface area (Å²) in [5, 5.41) is 2.98. The van der Waals surface area contributed by atoms with Gasteiger partial charge in [-0.25, -0.2) is 0 Å². The van der Waals surface area contributed by atoms with Crippen molar-refractivity contribution in [3.05, 3.63) is 65.2 Å². The predicted octanol–water partition coefficient (Wildman–Crippen LogP) is 1.07. The lowest BCUT2D eigenvalue weighted by Gasteiger charge is -2.24. The Balaban J connectivity index is 1.51. The van der Waals surface area contributed by atoms with Crippen molar-refractivity contribution in [3.63, 3.8) is 0 Å². The topological polar surface area (TPSA) is 80.2 Å². The summed E-state index contributed by atoms with van der Waals surface area (Å²) >= 11 is 0. The number of quaternary nitrogens is 1. The number of imide groups is 1. The molecule has 2 N–H and O–H groups in total. The van der Waals surface area contributed by atoms with E-state index in [2.05, 4.69) is 5.32 Å². The second-order valence-electron chi connectivity index (χ2n) is 7.59. The average molecular weight is 410 g/mol. The van der Waals surface area contributed by atoms with Gasteiger partial charge < -0.3 is 15.0 Å². The molecule has 0 radical (unpaired) electrons. The maximum Gasteiger partial charge on any atom is 0.261 e. The predicted molar refractivity (Wildman–Crippen MR) is 113 cm³/mol. The summed E-state index contributed by atoms with van der Waals surface area (Å²) in [7, 11) is 5.70. The number of ether oxygens (including phenoxy) is 1. The van der Waals surface area contributed by atoms with Crippen LogP contribution in [0.15, 0.2) is 48.5 Å². The van der Waals surface area contributed by atoms with Gasteiger partial charge in [-0.1, -0.05) is 24.3 Å². The Morgan fingerprint density at radius 2 is 1.63 bits per heavy atom. The van der Waals surface area contributed by atoms with Gasteiger partial charge in [0.1, 0.15) is 11.8 Å². The van der Waals surface area contributed by atoms with Crippen LogP contribution in [-0.2, 0) is 4.79 Å². The average Bonchev–Trinajstić information content (AvgIpc) is 2.99. The third kappa shape index (κ3) is 4.52. The van der Waals surface area contributed by atoms with Crippen LogP contribution in [0.25, 0.3) is 0 Å². The summed E-state index contributed by atoms with van der Waals surface area (Å²) in [5.41, 5.74) is 1.90. The van der Waals surface area contributed by atoms with Crippen LogP contribution in [0.5, 0.6) is 5.75 Å². The zero-order valence-corrected chi connectivity index (χ0v) is 17.6. The van der Waals surface area contributed by atoms with Crippen molar-refractivity contribution in [2.45, 2.75) is 18.9 Å². The number of nitrogens with one attached hydrogen (secondary N) is 2. The molecule has 0 saturated carbocycles. The Kier molecular flexibility index (Phi) is 6.84. The van der Waals surface area contributed by atoms with Crippen molar-refractivity contribution < 1.29 is 24.0 Å². The van der Waals surface area contributed by atoms with Gasteiger partial charge in [0.15, 0.2) is 0 Å². The second-order valence-corrected chi connectivity index (χ2v) is 7.59. The smallest absolute Gasteiger partial charge is 0.261 e. The van der Waals surface area contributed by atoms with E-state index in [1.54, 1.807) is 31.4 Å². The summed E-state index contributed by atoms with van der Waals surface area (Å²) in [5.74, 6) is 0.114. The molecule has 1 aliphatic rings. The molecule has 7 heteroatoms. The molecule has 30 heavy (non-hydrogen) atoms. The van der Waals surface area contributed by atoms with E-state index in [1.807, 2.05) is 38.4 Å². The summed E-state index contributed by atoms with van der Waals surface area (Å²) < 4.78 is 5.46. The van der Waals surface area contributed by atoms with E-state index in [-0.39, 0.29) is 36.7 Å². The van der Waals surface area contributed by atoms with Crippen LogP contribution in [-0.4, -0.2) is 56.9 Å². The van der Waals surface area contributed by atoms with Crippen molar-refractivity contribution in [3.8, 4) is 5.75 Å². The highest BCUT2D eigenvalue weighted by molar-refractivity contribution is 6.21. The molecule has 0 aromatic heterocycles. The van der Waals surface area contributed by atoms with Crippen molar-refractivity contribution in [1.82, 2.24) is 10.2 Å². The molecule has 3 rings (SSSR count). The van der Waals surface area contributed by atoms with Crippen LogP contribution < -0.4 is 15.0 Å². The third-order valence-corrected chi connectivity index (χ3v) is 5.38. The molecule has 1 aliphatic heterocycles. The minimum atomic E-state index is -0.288. The lowest BCUT2D eigenvalue weighted by molar-refractivity contribution is -0.890. The van der Waals surface area contributed by atoms with Crippen molar-refractivity contribution >= 4 is 17.7 Å². The molecular weight excluding hydrogens is 382 g/mol. The lowest BCUT2D eigenvalue weighted by Crippen LogP contribution is -3.07. The first kappa shape index (κ1) is 21.5. The summed E-state index contributed by atoms with van der Waals surface area (Å²) in [4.78, 5) is 39.5. The summed E-state index contributed by atoms with van der Waals surface area (Å²) in [6, 6.07) is 14.6.